The summed E-state index contributed by atoms with van der Waals surface area (Å²) in [5, 5.41) is 11.8. The van der Waals surface area contributed by atoms with E-state index in [0.717, 1.165) is 49.2 Å². The molecule has 0 unspecified atom stereocenters. The quantitative estimate of drug-likeness (QED) is 0.0941. The number of nitrogens with zero attached hydrogens (tertiary/aromatic N) is 3. The molecule has 1 heterocycles. The van der Waals surface area contributed by atoms with Crippen molar-refractivity contribution in [3.63, 3.8) is 0 Å². The summed E-state index contributed by atoms with van der Waals surface area (Å²) < 4.78 is 0. The van der Waals surface area contributed by atoms with E-state index in [-0.39, 0.29) is 0 Å². The van der Waals surface area contributed by atoms with Crippen LogP contribution in [0.4, 0.5) is 0 Å². The Morgan fingerprint density at radius 1 is 0.418 bits per heavy atom. The highest BCUT2D eigenvalue weighted by molar-refractivity contribution is 6.21. The van der Waals surface area contributed by atoms with E-state index in [1.807, 2.05) is 26.0 Å². The third-order valence-corrected chi connectivity index (χ3v) is 10.4. The van der Waals surface area contributed by atoms with E-state index >= 15 is 0 Å². The van der Waals surface area contributed by atoms with Gasteiger partial charge in [0.2, 0.25) is 0 Å². The second kappa shape index (κ2) is 14.5. The van der Waals surface area contributed by atoms with Crippen molar-refractivity contribution in [2.45, 2.75) is 20.8 Å². The van der Waals surface area contributed by atoms with Gasteiger partial charge in [-0.1, -0.05) is 175 Å². The van der Waals surface area contributed by atoms with Crippen molar-refractivity contribution in [1.29, 1.82) is 0 Å². The molecule has 3 heteroatoms. The van der Waals surface area contributed by atoms with Gasteiger partial charge in [0.1, 0.15) is 0 Å². The van der Waals surface area contributed by atoms with Crippen LogP contribution in [-0.2, 0) is 0 Å². The highest BCUT2D eigenvalue weighted by Crippen LogP contribution is 2.44. The van der Waals surface area contributed by atoms with Crippen LogP contribution in [0, 0.1) is 0 Å². The van der Waals surface area contributed by atoms with Crippen LogP contribution >= 0.6 is 0 Å². The summed E-state index contributed by atoms with van der Waals surface area (Å²) in [4.78, 5) is 15.8. The van der Waals surface area contributed by atoms with Crippen molar-refractivity contribution in [2.75, 3.05) is 0 Å². The molecular weight excluding hydrogens is 667 g/mol. The molecule has 0 radical (unpaired) electrons. The van der Waals surface area contributed by atoms with E-state index < -0.39 is 0 Å². The van der Waals surface area contributed by atoms with Gasteiger partial charge in [-0.3, -0.25) is 0 Å². The smallest absolute Gasteiger partial charge is 0.165 e. The first-order valence-electron chi connectivity index (χ1n) is 18.8. The van der Waals surface area contributed by atoms with Crippen LogP contribution in [0.2, 0.25) is 0 Å². The average Bonchev–Trinajstić information content (AvgIpc) is 3.23. The van der Waals surface area contributed by atoms with Gasteiger partial charge in [-0.15, -0.1) is 0 Å². The zero-order valence-electron chi connectivity index (χ0n) is 31.2. The second-order valence-corrected chi connectivity index (χ2v) is 14.0. The van der Waals surface area contributed by atoms with Gasteiger partial charge in [0, 0.05) is 16.7 Å². The number of allylic oxidation sites excluding steroid dienone is 8. The lowest BCUT2D eigenvalue weighted by molar-refractivity contribution is 1.04. The van der Waals surface area contributed by atoms with Crippen LogP contribution in [0.15, 0.2) is 188 Å². The molecule has 9 rings (SSSR count). The lowest BCUT2D eigenvalue weighted by Gasteiger charge is -2.18. The summed E-state index contributed by atoms with van der Waals surface area (Å²) in [6.07, 6.45) is 12.5. The fraction of sp³-hybridized carbons (Fsp3) is 0.0577. The predicted molar refractivity (Wildman–Crippen MR) is 235 cm³/mol. The van der Waals surface area contributed by atoms with E-state index in [1.165, 1.54) is 38.1 Å². The Hall–Kier alpha value is -6.97. The standard InChI is InChI=1S/C52H39N3/c1-4-14-34(3)24-25-38(15-5-2)50-53-51(41-31-26-35-16-6-7-18-39(35)32-41)55-52(54-50)49-45-22-12-10-20-43(45)48(44-21-11-13-23-46(44)49)40-30-29-37-28-27-36-17-8-9-19-42(36)47(37)33-40/h4-33H,1-3H3/b14-4-,15-5+,34-24+,38-25+. The number of aromatic nitrogens is 3. The molecule has 0 N–H and O–H groups in total. The van der Waals surface area contributed by atoms with Crippen molar-refractivity contribution < 1.29 is 0 Å². The maximum Gasteiger partial charge on any atom is 0.165 e. The van der Waals surface area contributed by atoms with E-state index in [0.29, 0.717) is 17.5 Å². The Labute approximate surface area is 321 Å². The molecule has 3 nitrogen and oxygen atoms in total. The Morgan fingerprint density at radius 2 is 0.945 bits per heavy atom. The zero-order valence-corrected chi connectivity index (χ0v) is 31.2. The minimum atomic E-state index is 0.620. The summed E-state index contributed by atoms with van der Waals surface area (Å²) in [5.74, 6) is 1.89. The Morgan fingerprint density at radius 3 is 1.64 bits per heavy atom. The highest BCUT2D eigenvalue weighted by atomic mass is 15.0. The SMILES string of the molecule is C\C=C/C(C)=C/C=C(\C=C\C)c1nc(-c2ccc3ccccc3c2)nc(-c2c3ccccc3c(-c3ccc4ccc5ccccc5c4c3)c3ccccc23)n1. The third kappa shape index (κ3) is 6.30. The first-order valence-corrected chi connectivity index (χ1v) is 18.8. The molecule has 1 aromatic heterocycles. The normalized spacial score (nSPS) is 12.7. The van der Waals surface area contributed by atoms with Crippen molar-refractivity contribution >= 4 is 59.4 Å². The average molecular weight is 706 g/mol. The van der Waals surface area contributed by atoms with Crippen molar-refractivity contribution in [3.05, 3.63) is 193 Å². The first-order chi connectivity index (χ1) is 27.1. The van der Waals surface area contributed by atoms with Crippen molar-refractivity contribution in [2.24, 2.45) is 0 Å². The highest BCUT2D eigenvalue weighted by Gasteiger charge is 2.21. The summed E-state index contributed by atoms with van der Waals surface area (Å²) >= 11 is 0. The van der Waals surface area contributed by atoms with Crippen LogP contribution in [0.3, 0.4) is 0 Å². The molecule has 0 aliphatic heterocycles. The summed E-state index contributed by atoms with van der Waals surface area (Å²) in [6, 6.07) is 52.2. The second-order valence-electron chi connectivity index (χ2n) is 14.0. The molecule has 0 spiro atoms. The van der Waals surface area contributed by atoms with Gasteiger partial charge < -0.3 is 0 Å². The molecule has 0 bridgehead atoms. The molecule has 8 aromatic carbocycles. The molecule has 0 saturated carbocycles. The van der Waals surface area contributed by atoms with E-state index in [9.17, 15) is 0 Å². The van der Waals surface area contributed by atoms with Gasteiger partial charge >= 0.3 is 0 Å². The fourth-order valence-electron chi connectivity index (χ4n) is 7.84. The Kier molecular flexibility index (Phi) is 8.89. The molecule has 0 saturated heterocycles. The van der Waals surface area contributed by atoms with Gasteiger partial charge in [0.15, 0.2) is 17.5 Å². The van der Waals surface area contributed by atoms with E-state index in [2.05, 4.69) is 177 Å². The molecule has 55 heavy (non-hydrogen) atoms. The van der Waals surface area contributed by atoms with E-state index in [4.69, 9.17) is 15.0 Å². The van der Waals surface area contributed by atoms with Crippen LogP contribution in [0.25, 0.3) is 93.3 Å². The van der Waals surface area contributed by atoms with Crippen LogP contribution in [0.1, 0.15) is 26.6 Å². The van der Waals surface area contributed by atoms with Gasteiger partial charge in [-0.25, -0.2) is 15.0 Å². The maximum atomic E-state index is 5.33. The molecule has 0 amide bonds. The predicted octanol–water partition coefficient (Wildman–Crippen LogP) is 14.1. The molecule has 0 fully saturated rings. The number of hydrogen-bond acceptors (Lipinski definition) is 3. The third-order valence-electron chi connectivity index (χ3n) is 10.4. The lowest BCUT2D eigenvalue weighted by atomic mass is 9.87. The topological polar surface area (TPSA) is 38.7 Å². The lowest BCUT2D eigenvalue weighted by Crippen LogP contribution is -2.03. The van der Waals surface area contributed by atoms with Gasteiger partial charge in [0.05, 0.1) is 0 Å². The Bertz CT molecular complexity index is 3010. The van der Waals surface area contributed by atoms with Crippen LogP contribution in [0.5, 0.6) is 0 Å². The zero-order chi connectivity index (χ0) is 37.3. The molecular formula is C52H39N3. The molecule has 0 aliphatic rings. The minimum Gasteiger partial charge on any atom is -0.208 e. The number of rotatable bonds is 7. The molecule has 0 aliphatic carbocycles. The molecule has 262 valence electrons. The number of fused-ring (bicyclic) bond motifs is 6. The monoisotopic (exact) mass is 705 g/mol. The number of hydrogen-bond donors (Lipinski definition) is 0. The maximum absolute atomic E-state index is 5.33. The van der Waals surface area contributed by atoms with Gasteiger partial charge in [-0.2, -0.15) is 0 Å². The Balaban J connectivity index is 1.34. The van der Waals surface area contributed by atoms with Gasteiger partial charge in [0.25, 0.3) is 0 Å². The number of benzene rings is 8. The summed E-state index contributed by atoms with van der Waals surface area (Å²) in [7, 11) is 0. The minimum absolute atomic E-state index is 0.620. The van der Waals surface area contributed by atoms with Crippen LogP contribution in [-0.4, -0.2) is 15.0 Å². The largest absolute Gasteiger partial charge is 0.208 e. The summed E-state index contributed by atoms with van der Waals surface area (Å²) in [6.45, 7) is 6.16. The van der Waals surface area contributed by atoms with Crippen molar-refractivity contribution in [3.8, 4) is 33.9 Å². The van der Waals surface area contributed by atoms with Crippen molar-refractivity contribution in [1.82, 2.24) is 15.0 Å². The molecule has 9 aromatic rings. The molecule has 0 atom stereocenters. The van der Waals surface area contributed by atoms with Crippen LogP contribution < -0.4 is 0 Å². The van der Waals surface area contributed by atoms with Gasteiger partial charge in [-0.05, 0) is 97.9 Å². The summed E-state index contributed by atoms with van der Waals surface area (Å²) in [5.41, 5.74) is 6.36. The fourth-order valence-corrected chi connectivity index (χ4v) is 7.84. The van der Waals surface area contributed by atoms with E-state index in [1.54, 1.807) is 0 Å². The first kappa shape index (κ1) is 33.8.